The summed E-state index contributed by atoms with van der Waals surface area (Å²) in [5, 5.41) is 5.18. The Labute approximate surface area is 182 Å². The van der Waals surface area contributed by atoms with Crippen LogP contribution >= 0.6 is 0 Å². The third-order valence-electron chi connectivity index (χ3n) is 6.35. The molecule has 2 fully saturated rings. The Hall–Kier alpha value is -3.06. The highest BCUT2D eigenvalue weighted by molar-refractivity contribution is 6.06. The predicted octanol–water partition coefficient (Wildman–Crippen LogP) is 3.08. The number of piperidine rings is 1. The van der Waals surface area contributed by atoms with Crippen molar-refractivity contribution in [2.24, 2.45) is 5.92 Å². The molecule has 1 unspecified atom stereocenters. The molecule has 2 aromatic rings. The van der Waals surface area contributed by atoms with Crippen LogP contribution in [0.25, 0.3) is 0 Å². The molecule has 0 saturated carbocycles. The number of urea groups is 1. The summed E-state index contributed by atoms with van der Waals surface area (Å²) in [6, 6.07) is 15.7. The quantitative estimate of drug-likeness (QED) is 0.669. The Morgan fingerprint density at radius 3 is 2.42 bits per heavy atom. The summed E-state index contributed by atoms with van der Waals surface area (Å²) in [5.41, 5.74) is 1.46. The van der Waals surface area contributed by atoms with Crippen LogP contribution in [0.2, 0.25) is 0 Å². The molecule has 0 aliphatic carbocycles. The van der Waals surface area contributed by atoms with E-state index in [4.69, 9.17) is 9.47 Å². The van der Waals surface area contributed by atoms with Gasteiger partial charge in [0.25, 0.3) is 5.91 Å². The van der Waals surface area contributed by atoms with Crippen LogP contribution in [0.5, 0.6) is 11.5 Å². The number of carbonyl (C=O) groups excluding carboxylic acids is 2. The molecule has 0 aromatic heterocycles. The zero-order valence-corrected chi connectivity index (χ0v) is 18.0. The van der Waals surface area contributed by atoms with Gasteiger partial charge < -0.3 is 14.8 Å². The molecule has 2 saturated heterocycles. The third kappa shape index (κ3) is 4.66. The van der Waals surface area contributed by atoms with Crippen LogP contribution in [-0.2, 0) is 17.9 Å². The SMILES string of the molecule is COc1cc(CN2CCC(C3(C)NC(=O)NC3=O)CC2)ccc1OCc1ccccc1. The van der Waals surface area contributed by atoms with E-state index in [9.17, 15) is 9.59 Å². The fourth-order valence-electron chi connectivity index (χ4n) is 4.44. The van der Waals surface area contributed by atoms with Gasteiger partial charge in [0.05, 0.1) is 7.11 Å². The first-order valence-electron chi connectivity index (χ1n) is 10.7. The molecular formula is C24H29N3O4. The van der Waals surface area contributed by atoms with E-state index in [1.807, 2.05) is 49.4 Å². The molecule has 2 aromatic carbocycles. The number of ether oxygens (including phenoxy) is 2. The van der Waals surface area contributed by atoms with Gasteiger partial charge in [0.15, 0.2) is 11.5 Å². The number of benzene rings is 2. The first-order chi connectivity index (χ1) is 15.0. The van der Waals surface area contributed by atoms with Crippen molar-refractivity contribution >= 4 is 11.9 Å². The second-order valence-electron chi connectivity index (χ2n) is 8.42. The molecule has 0 radical (unpaired) electrons. The van der Waals surface area contributed by atoms with Crippen LogP contribution in [-0.4, -0.2) is 42.6 Å². The lowest BCUT2D eigenvalue weighted by Gasteiger charge is -2.38. The minimum absolute atomic E-state index is 0.137. The van der Waals surface area contributed by atoms with E-state index in [0.29, 0.717) is 6.61 Å². The number of amides is 3. The number of hydrogen-bond acceptors (Lipinski definition) is 5. The van der Waals surface area contributed by atoms with Gasteiger partial charge in [-0.2, -0.15) is 0 Å². The van der Waals surface area contributed by atoms with Crippen LogP contribution in [0.1, 0.15) is 30.9 Å². The maximum atomic E-state index is 12.2. The highest BCUT2D eigenvalue weighted by Crippen LogP contribution is 2.33. The molecule has 164 valence electrons. The smallest absolute Gasteiger partial charge is 0.322 e. The number of methoxy groups -OCH3 is 1. The van der Waals surface area contributed by atoms with Crippen molar-refractivity contribution in [3.63, 3.8) is 0 Å². The molecule has 7 nitrogen and oxygen atoms in total. The molecule has 2 aliphatic heterocycles. The number of imide groups is 1. The van der Waals surface area contributed by atoms with E-state index < -0.39 is 11.6 Å². The standard InChI is InChI=1S/C24H29N3O4/c1-24(22(28)25-23(29)26-24)19-10-12-27(13-11-19)15-18-8-9-20(21(14-18)30-2)31-16-17-6-4-3-5-7-17/h3-9,14,19H,10-13,15-16H2,1-2H3,(H2,25,26,28,29). The molecule has 1 atom stereocenters. The van der Waals surface area contributed by atoms with E-state index in [1.54, 1.807) is 7.11 Å². The van der Waals surface area contributed by atoms with E-state index in [0.717, 1.165) is 55.1 Å². The summed E-state index contributed by atoms with van der Waals surface area (Å²) < 4.78 is 11.5. The van der Waals surface area contributed by atoms with Gasteiger partial charge in [0, 0.05) is 6.54 Å². The van der Waals surface area contributed by atoms with Gasteiger partial charge >= 0.3 is 6.03 Å². The lowest BCUT2D eigenvalue weighted by molar-refractivity contribution is -0.125. The highest BCUT2D eigenvalue weighted by atomic mass is 16.5. The molecule has 7 heteroatoms. The number of nitrogens with one attached hydrogen (secondary N) is 2. The lowest BCUT2D eigenvalue weighted by Crippen LogP contribution is -2.53. The predicted molar refractivity (Wildman–Crippen MR) is 117 cm³/mol. The summed E-state index contributed by atoms with van der Waals surface area (Å²) in [7, 11) is 1.65. The Bertz CT molecular complexity index is 941. The fourth-order valence-corrected chi connectivity index (χ4v) is 4.44. The van der Waals surface area contributed by atoms with Crippen molar-refractivity contribution in [2.45, 2.75) is 38.5 Å². The highest BCUT2D eigenvalue weighted by Gasteiger charge is 2.48. The summed E-state index contributed by atoms with van der Waals surface area (Å²) in [5.74, 6) is 1.37. The molecular weight excluding hydrogens is 394 g/mol. The first-order valence-corrected chi connectivity index (χ1v) is 10.7. The van der Waals surface area contributed by atoms with Gasteiger partial charge in [-0.15, -0.1) is 0 Å². The minimum atomic E-state index is -0.801. The van der Waals surface area contributed by atoms with Gasteiger partial charge in [0.1, 0.15) is 12.1 Å². The summed E-state index contributed by atoms with van der Waals surface area (Å²) in [4.78, 5) is 26.1. The average molecular weight is 424 g/mol. The van der Waals surface area contributed by atoms with Crippen molar-refractivity contribution in [1.82, 2.24) is 15.5 Å². The topological polar surface area (TPSA) is 79.9 Å². The third-order valence-corrected chi connectivity index (χ3v) is 6.35. The summed E-state index contributed by atoms with van der Waals surface area (Å²) >= 11 is 0. The molecule has 2 aliphatic rings. The Morgan fingerprint density at radius 1 is 1.03 bits per heavy atom. The molecule has 2 heterocycles. The van der Waals surface area contributed by atoms with Crippen molar-refractivity contribution in [2.75, 3.05) is 20.2 Å². The maximum absolute atomic E-state index is 12.2. The molecule has 0 spiro atoms. The largest absolute Gasteiger partial charge is 0.493 e. The molecule has 2 N–H and O–H groups in total. The Morgan fingerprint density at radius 2 is 1.77 bits per heavy atom. The summed E-state index contributed by atoms with van der Waals surface area (Å²) in [6.45, 7) is 4.87. The second kappa shape index (κ2) is 8.98. The minimum Gasteiger partial charge on any atom is -0.493 e. The summed E-state index contributed by atoms with van der Waals surface area (Å²) in [6.07, 6.45) is 1.72. The van der Waals surface area contributed by atoms with Gasteiger partial charge in [0.2, 0.25) is 0 Å². The second-order valence-corrected chi connectivity index (χ2v) is 8.42. The zero-order chi connectivity index (χ0) is 21.8. The van der Waals surface area contributed by atoms with Crippen molar-refractivity contribution in [1.29, 1.82) is 0 Å². The number of carbonyl (C=O) groups is 2. The number of hydrogen-bond donors (Lipinski definition) is 2. The molecule has 0 bridgehead atoms. The van der Waals surface area contributed by atoms with Crippen molar-refractivity contribution in [3.8, 4) is 11.5 Å². The normalized spacial score (nSPS) is 22.1. The molecule has 3 amide bonds. The fraction of sp³-hybridized carbons (Fsp3) is 0.417. The van der Waals surface area contributed by atoms with Gasteiger partial charge in [-0.1, -0.05) is 36.4 Å². The van der Waals surface area contributed by atoms with Gasteiger partial charge in [-0.05, 0) is 62.0 Å². The molecule has 31 heavy (non-hydrogen) atoms. The van der Waals surface area contributed by atoms with E-state index >= 15 is 0 Å². The van der Waals surface area contributed by atoms with Crippen LogP contribution < -0.4 is 20.1 Å². The van der Waals surface area contributed by atoms with E-state index in [1.165, 1.54) is 0 Å². The Balaban J connectivity index is 1.33. The van der Waals surface area contributed by atoms with Gasteiger partial charge in [-0.25, -0.2) is 4.79 Å². The van der Waals surface area contributed by atoms with Crippen molar-refractivity contribution < 1.29 is 19.1 Å². The maximum Gasteiger partial charge on any atom is 0.322 e. The van der Waals surface area contributed by atoms with Crippen LogP contribution in [0.4, 0.5) is 4.79 Å². The monoisotopic (exact) mass is 423 g/mol. The Kier molecular flexibility index (Phi) is 6.13. The number of nitrogens with zero attached hydrogens (tertiary/aromatic N) is 1. The van der Waals surface area contributed by atoms with E-state index in [2.05, 4.69) is 21.6 Å². The van der Waals surface area contributed by atoms with Crippen LogP contribution in [0.3, 0.4) is 0 Å². The van der Waals surface area contributed by atoms with Gasteiger partial charge in [-0.3, -0.25) is 15.0 Å². The zero-order valence-electron chi connectivity index (χ0n) is 18.0. The van der Waals surface area contributed by atoms with Crippen LogP contribution in [0, 0.1) is 5.92 Å². The molecule has 4 rings (SSSR count). The van der Waals surface area contributed by atoms with E-state index in [-0.39, 0.29) is 11.8 Å². The first kappa shape index (κ1) is 21.2. The number of likely N-dealkylation sites (tertiary alicyclic amines) is 1. The lowest BCUT2D eigenvalue weighted by atomic mass is 9.79. The van der Waals surface area contributed by atoms with Crippen molar-refractivity contribution in [3.05, 3.63) is 59.7 Å². The number of rotatable bonds is 7. The average Bonchev–Trinajstić information content (AvgIpc) is 3.06. The van der Waals surface area contributed by atoms with Crippen LogP contribution in [0.15, 0.2) is 48.5 Å².